The summed E-state index contributed by atoms with van der Waals surface area (Å²) in [4.78, 5) is 32.7. The minimum absolute atomic E-state index is 0.0787. The Morgan fingerprint density at radius 1 is 1.12 bits per heavy atom. The van der Waals surface area contributed by atoms with Gasteiger partial charge in [-0.25, -0.2) is 4.98 Å². The Labute approximate surface area is 190 Å². The number of pyridine rings is 1. The average molecular weight is 470 g/mol. The van der Waals surface area contributed by atoms with E-state index in [1.807, 2.05) is 18.2 Å². The largest absolute Gasteiger partial charge is 0.416 e. The van der Waals surface area contributed by atoms with E-state index in [1.54, 1.807) is 27.1 Å². The van der Waals surface area contributed by atoms with Crippen LogP contribution in [0.15, 0.2) is 60.2 Å². The molecule has 6 nitrogen and oxygen atoms in total. The molecular weight excluding hydrogens is 453 g/mol. The Balaban J connectivity index is 1.33. The fraction of sp³-hybridized carbons (Fsp3) is 0.174. The fourth-order valence-corrected chi connectivity index (χ4v) is 5.01. The first-order chi connectivity index (χ1) is 15.8. The van der Waals surface area contributed by atoms with E-state index in [0.29, 0.717) is 36.4 Å². The second-order valence-corrected chi connectivity index (χ2v) is 8.60. The van der Waals surface area contributed by atoms with Gasteiger partial charge in [0.1, 0.15) is 11.3 Å². The standard InChI is InChI=1S/C23H17F3N4O2S/c24-23(25,26)14-4-3-5-15(10-14)28-21(31)17-13-33-19-12-29(9-7-16(17)19)22(32)18-11-27-20-6-1-2-8-30(18)20/h1-6,8,10-11,13H,7,9,12H2,(H,28,31). The smallest absolute Gasteiger partial charge is 0.332 e. The molecule has 0 saturated carbocycles. The summed E-state index contributed by atoms with van der Waals surface area (Å²) >= 11 is 1.36. The lowest BCUT2D eigenvalue weighted by Crippen LogP contribution is -2.36. The van der Waals surface area contributed by atoms with E-state index in [-0.39, 0.29) is 11.6 Å². The molecule has 0 fully saturated rings. The number of thiophene rings is 1. The predicted molar refractivity (Wildman–Crippen MR) is 117 cm³/mol. The van der Waals surface area contributed by atoms with Crippen LogP contribution in [0.5, 0.6) is 0 Å². The van der Waals surface area contributed by atoms with Crippen LogP contribution >= 0.6 is 11.3 Å². The molecule has 2 amide bonds. The Hall–Kier alpha value is -3.66. The number of benzene rings is 1. The molecular formula is C23H17F3N4O2S. The molecule has 168 valence electrons. The molecule has 33 heavy (non-hydrogen) atoms. The summed E-state index contributed by atoms with van der Waals surface area (Å²) in [5.74, 6) is -0.615. The maximum Gasteiger partial charge on any atom is 0.416 e. The lowest BCUT2D eigenvalue weighted by molar-refractivity contribution is -0.137. The van der Waals surface area contributed by atoms with Crippen LogP contribution in [0.2, 0.25) is 0 Å². The van der Waals surface area contributed by atoms with Crippen LogP contribution in [0.1, 0.15) is 36.9 Å². The quantitative estimate of drug-likeness (QED) is 0.465. The zero-order chi connectivity index (χ0) is 23.2. The van der Waals surface area contributed by atoms with Crippen LogP contribution in [0, 0.1) is 0 Å². The van der Waals surface area contributed by atoms with Gasteiger partial charge in [-0.2, -0.15) is 13.2 Å². The molecule has 0 aliphatic carbocycles. The normalized spacial score (nSPS) is 13.7. The van der Waals surface area contributed by atoms with Crippen molar-refractivity contribution < 1.29 is 22.8 Å². The number of amides is 2. The minimum Gasteiger partial charge on any atom is -0.332 e. The lowest BCUT2D eigenvalue weighted by atomic mass is 10.0. The van der Waals surface area contributed by atoms with Gasteiger partial charge >= 0.3 is 6.18 Å². The Kier molecular flexibility index (Phi) is 5.16. The van der Waals surface area contributed by atoms with Crippen molar-refractivity contribution in [2.24, 2.45) is 0 Å². The number of carbonyl (C=O) groups excluding carboxylic acids is 2. The summed E-state index contributed by atoms with van der Waals surface area (Å²) in [5, 5.41) is 4.25. The first kappa shape index (κ1) is 21.2. The van der Waals surface area contributed by atoms with Gasteiger partial charge in [0.25, 0.3) is 11.8 Å². The number of anilines is 1. The average Bonchev–Trinajstić information content (AvgIpc) is 3.42. The molecule has 0 unspecified atom stereocenters. The zero-order valence-corrected chi connectivity index (χ0v) is 17.9. The molecule has 10 heteroatoms. The number of alkyl halides is 3. The second-order valence-electron chi connectivity index (χ2n) is 7.63. The number of halogens is 3. The maximum atomic E-state index is 13.1. The van der Waals surface area contributed by atoms with Gasteiger partial charge in [-0.15, -0.1) is 11.3 Å². The van der Waals surface area contributed by atoms with Gasteiger partial charge in [-0.3, -0.25) is 14.0 Å². The monoisotopic (exact) mass is 470 g/mol. The molecule has 1 aromatic carbocycles. The van der Waals surface area contributed by atoms with Crippen molar-refractivity contribution in [1.82, 2.24) is 14.3 Å². The van der Waals surface area contributed by atoms with Gasteiger partial charge in [-0.1, -0.05) is 12.1 Å². The van der Waals surface area contributed by atoms with Gasteiger partial charge in [0.2, 0.25) is 0 Å². The summed E-state index contributed by atoms with van der Waals surface area (Å²) in [7, 11) is 0. The molecule has 4 heterocycles. The van der Waals surface area contributed by atoms with Gasteiger partial charge in [0.15, 0.2) is 0 Å². The minimum atomic E-state index is -4.49. The number of rotatable bonds is 3. The number of carbonyl (C=O) groups is 2. The second kappa shape index (κ2) is 8.04. The van der Waals surface area contributed by atoms with Crippen molar-refractivity contribution >= 4 is 34.5 Å². The molecule has 0 radical (unpaired) electrons. The van der Waals surface area contributed by atoms with Crippen LogP contribution in [-0.2, 0) is 19.1 Å². The van der Waals surface area contributed by atoms with Gasteiger partial charge < -0.3 is 10.2 Å². The highest BCUT2D eigenvalue weighted by Gasteiger charge is 2.31. The summed E-state index contributed by atoms with van der Waals surface area (Å²) in [6, 6.07) is 10.0. The third kappa shape index (κ3) is 3.97. The van der Waals surface area contributed by atoms with Crippen molar-refractivity contribution in [3.05, 3.63) is 87.5 Å². The topological polar surface area (TPSA) is 66.7 Å². The summed E-state index contributed by atoms with van der Waals surface area (Å²) in [6.45, 7) is 0.780. The van der Waals surface area contributed by atoms with Crippen LogP contribution in [0.4, 0.5) is 18.9 Å². The van der Waals surface area contributed by atoms with E-state index in [9.17, 15) is 22.8 Å². The number of hydrogen-bond donors (Lipinski definition) is 1. The van der Waals surface area contributed by atoms with E-state index in [4.69, 9.17) is 0 Å². The van der Waals surface area contributed by atoms with Crippen LogP contribution in [-0.4, -0.2) is 32.6 Å². The number of fused-ring (bicyclic) bond motifs is 2. The number of hydrogen-bond acceptors (Lipinski definition) is 4. The van der Waals surface area contributed by atoms with E-state index in [2.05, 4.69) is 10.3 Å². The number of nitrogens with one attached hydrogen (secondary N) is 1. The van der Waals surface area contributed by atoms with Gasteiger partial charge in [0.05, 0.1) is 23.9 Å². The lowest BCUT2D eigenvalue weighted by Gasteiger charge is -2.27. The Morgan fingerprint density at radius 2 is 1.97 bits per heavy atom. The van der Waals surface area contributed by atoms with Crippen molar-refractivity contribution in [3.63, 3.8) is 0 Å². The molecule has 0 atom stereocenters. The zero-order valence-electron chi connectivity index (χ0n) is 17.1. The molecule has 0 bridgehead atoms. The van der Waals surface area contributed by atoms with E-state index in [0.717, 1.165) is 22.6 Å². The summed E-state index contributed by atoms with van der Waals surface area (Å²) in [6.07, 6.45) is -0.673. The first-order valence-corrected chi connectivity index (χ1v) is 11.0. The van der Waals surface area contributed by atoms with Crippen LogP contribution in [0.25, 0.3) is 5.65 Å². The van der Waals surface area contributed by atoms with Crippen molar-refractivity contribution in [3.8, 4) is 0 Å². The Morgan fingerprint density at radius 3 is 2.79 bits per heavy atom. The van der Waals surface area contributed by atoms with Crippen LogP contribution in [0.3, 0.4) is 0 Å². The molecule has 1 aliphatic rings. The fourth-order valence-electron chi connectivity index (χ4n) is 3.92. The highest BCUT2D eigenvalue weighted by molar-refractivity contribution is 7.10. The van der Waals surface area contributed by atoms with Crippen molar-refractivity contribution in [2.75, 3.05) is 11.9 Å². The van der Waals surface area contributed by atoms with Crippen molar-refractivity contribution in [2.45, 2.75) is 19.1 Å². The van der Waals surface area contributed by atoms with Crippen LogP contribution < -0.4 is 5.32 Å². The number of imidazole rings is 1. The predicted octanol–water partition coefficient (Wildman–Crippen LogP) is 4.87. The van der Waals surface area contributed by atoms with E-state index in [1.165, 1.54) is 23.5 Å². The molecule has 0 spiro atoms. The third-order valence-electron chi connectivity index (χ3n) is 5.56. The highest BCUT2D eigenvalue weighted by atomic mass is 32.1. The van der Waals surface area contributed by atoms with Gasteiger partial charge in [-0.05, 0) is 42.3 Å². The van der Waals surface area contributed by atoms with Crippen molar-refractivity contribution in [1.29, 1.82) is 0 Å². The summed E-state index contributed by atoms with van der Waals surface area (Å²) in [5.41, 5.74) is 1.65. The number of nitrogens with zero attached hydrogens (tertiary/aromatic N) is 3. The third-order valence-corrected chi connectivity index (χ3v) is 6.58. The highest BCUT2D eigenvalue weighted by Crippen LogP contribution is 2.32. The molecule has 0 saturated heterocycles. The molecule has 3 aromatic heterocycles. The molecule has 5 rings (SSSR count). The summed E-state index contributed by atoms with van der Waals surface area (Å²) < 4.78 is 40.6. The SMILES string of the molecule is O=C(Nc1cccc(C(F)(F)F)c1)c1csc2c1CCN(C(=O)c1cnc3ccccn13)C2. The Bertz CT molecular complexity index is 1380. The number of aromatic nitrogens is 2. The maximum absolute atomic E-state index is 13.1. The first-order valence-electron chi connectivity index (χ1n) is 10.1. The van der Waals surface area contributed by atoms with E-state index < -0.39 is 17.6 Å². The molecule has 1 aliphatic heterocycles. The molecule has 1 N–H and O–H groups in total. The molecule has 4 aromatic rings. The van der Waals surface area contributed by atoms with Gasteiger partial charge in [0, 0.05) is 28.7 Å². The van der Waals surface area contributed by atoms with E-state index >= 15 is 0 Å².